The third kappa shape index (κ3) is 2.59. The lowest BCUT2D eigenvalue weighted by molar-refractivity contribution is -0.385. The number of pyridine rings is 1. The molecule has 2 aliphatic heterocycles. The molecule has 0 radical (unpaired) electrons. The first kappa shape index (κ1) is 16.1. The van der Waals surface area contributed by atoms with E-state index in [1.54, 1.807) is 7.05 Å². The van der Waals surface area contributed by atoms with E-state index in [-0.39, 0.29) is 5.69 Å². The Morgan fingerprint density at radius 3 is 2.76 bits per heavy atom. The van der Waals surface area contributed by atoms with E-state index >= 15 is 0 Å². The number of piperidine rings is 1. The zero-order valence-corrected chi connectivity index (χ0v) is 14.4. The fourth-order valence-electron chi connectivity index (χ4n) is 4.31. The number of aryl methyl sites for hydroxylation is 1. The van der Waals surface area contributed by atoms with Crippen LogP contribution in [0, 0.1) is 10.1 Å². The predicted octanol–water partition coefficient (Wildman–Crippen LogP) is 2.12. The van der Waals surface area contributed by atoms with Crippen LogP contribution < -0.4 is 10.5 Å². The number of benzene rings is 1. The summed E-state index contributed by atoms with van der Waals surface area (Å²) in [5.41, 5.74) is 0.392. The summed E-state index contributed by atoms with van der Waals surface area (Å²) >= 11 is 0. The van der Waals surface area contributed by atoms with Gasteiger partial charge >= 0.3 is 11.2 Å². The zero-order valence-electron chi connectivity index (χ0n) is 14.4. The van der Waals surface area contributed by atoms with E-state index in [4.69, 9.17) is 0 Å². The number of aromatic nitrogens is 1. The molecule has 0 amide bonds. The Morgan fingerprint density at radius 1 is 1.16 bits per heavy atom. The lowest BCUT2D eigenvalue weighted by atomic mass is 9.98. The zero-order chi connectivity index (χ0) is 17.6. The Kier molecular flexibility index (Phi) is 3.95. The van der Waals surface area contributed by atoms with Crippen LogP contribution in [0.2, 0.25) is 0 Å². The van der Waals surface area contributed by atoms with Crippen molar-refractivity contribution in [1.29, 1.82) is 0 Å². The van der Waals surface area contributed by atoms with Crippen LogP contribution in [0.3, 0.4) is 0 Å². The van der Waals surface area contributed by atoms with Crippen LogP contribution in [0.25, 0.3) is 10.9 Å². The normalized spacial score (nSPS) is 21.3. The standard InChI is InChI=1S/C18H22N4O3/c1-19-15-8-3-2-7-14(15)16(17(18(19)23)22(24)25)21-11-10-20-9-5-4-6-13(20)12-21/h2-3,7-8,13H,4-6,9-12H2,1H3. The van der Waals surface area contributed by atoms with Gasteiger partial charge in [-0.15, -0.1) is 0 Å². The van der Waals surface area contributed by atoms with Crippen LogP contribution in [0.1, 0.15) is 19.3 Å². The van der Waals surface area contributed by atoms with Crippen LogP contribution in [-0.2, 0) is 7.05 Å². The van der Waals surface area contributed by atoms with Crippen molar-refractivity contribution in [2.45, 2.75) is 25.3 Å². The Bertz CT molecular complexity index is 892. The maximum Gasteiger partial charge on any atom is 0.357 e. The summed E-state index contributed by atoms with van der Waals surface area (Å²) in [4.78, 5) is 28.4. The molecule has 2 saturated heterocycles. The van der Waals surface area contributed by atoms with Gasteiger partial charge in [0, 0.05) is 38.1 Å². The van der Waals surface area contributed by atoms with E-state index in [9.17, 15) is 14.9 Å². The number of hydrogen-bond acceptors (Lipinski definition) is 5. The van der Waals surface area contributed by atoms with Crippen molar-refractivity contribution < 1.29 is 4.92 Å². The summed E-state index contributed by atoms with van der Waals surface area (Å²) in [7, 11) is 1.60. The molecule has 3 heterocycles. The quantitative estimate of drug-likeness (QED) is 0.617. The highest BCUT2D eigenvalue weighted by Gasteiger charge is 2.34. The summed E-state index contributed by atoms with van der Waals surface area (Å²) in [6, 6.07) is 7.88. The summed E-state index contributed by atoms with van der Waals surface area (Å²) < 4.78 is 1.38. The van der Waals surface area contributed by atoms with E-state index in [1.807, 2.05) is 24.3 Å². The molecule has 2 aromatic rings. The average molecular weight is 342 g/mol. The molecule has 0 spiro atoms. The second-order valence-electron chi connectivity index (χ2n) is 6.97. The number of nitro groups is 1. The fraction of sp³-hybridized carbons (Fsp3) is 0.500. The Morgan fingerprint density at radius 2 is 1.96 bits per heavy atom. The summed E-state index contributed by atoms with van der Waals surface area (Å²) in [5, 5.41) is 12.5. The van der Waals surface area contributed by atoms with Gasteiger partial charge in [0.2, 0.25) is 0 Å². The molecule has 1 aromatic heterocycles. The van der Waals surface area contributed by atoms with Crippen molar-refractivity contribution in [3.63, 3.8) is 0 Å². The molecule has 1 atom stereocenters. The predicted molar refractivity (Wildman–Crippen MR) is 97.3 cm³/mol. The lowest BCUT2D eigenvalue weighted by Gasteiger charge is -2.44. The van der Waals surface area contributed by atoms with Crippen LogP contribution in [-0.4, -0.2) is 46.6 Å². The van der Waals surface area contributed by atoms with Crippen LogP contribution in [0.5, 0.6) is 0 Å². The Balaban J connectivity index is 1.88. The maximum atomic E-state index is 12.7. The third-order valence-corrected chi connectivity index (χ3v) is 5.59. The number of fused-ring (bicyclic) bond motifs is 2. The number of rotatable bonds is 2. The highest BCUT2D eigenvalue weighted by Crippen LogP contribution is 2.35. The number of piperazine rings is 1. The van der Waals surface area contributed by atoms with Crippen LogP contribution in [0.4, 0.5) is 11.4 Å². The van der Waals surface area contributed by atoms with E-state index in [0.29, 0.717) is 18.3 Å². The first-order valence-corrected chi connectivity index (χ1v) is 8.83. The molecule has 7 nitrogen and oxygen atoms in total. The van der Waals surface area contributed by atoms with Crippen molar-refractivity contribution in [3.8, 4) is 0 Å². The highest BCUT2D eigenvalue weighted by molar-refractivity contribution is 5.96. The second kappa shape index (κ2) is 6.15. The third-order valence-electron chi connectivity index (χ3n) is 5.59. The molecule has 2 aliphatic rings. The summed E-state index contributed by atoms with van der Waals surface area (Å²) in [6.45, 7) is 3.47. The maximum absolute atomic E-state index is 12.7. The van der Waals surface area contributed by atoms with Crippen molar-refractivity contribution in [1.82, 2.24) is 9.47 Å². The van der Waals surface area contributed by atoms with E-state index in [0.717, 1.165) is 37.0 Å². The minimum atomic E-state index is -0.537. The lowest BCUT2D eigenvalue weighted by Crippen LogP contribution is -2.55. The molecule has 0 N–H and O–H groups in total. The molecular weight excluding hydrogens is 320 g/mol. The van der Waals surface area contributed by atoms with Crippen LogP contribution >= 0.6 is 0 Å². The molecule has 1 unspecified atom stereocenters. The molecule has 0 bridgehead atoms. The van der Waals surface area contributed by atoms with Gasteiger partial charge in [-0.1, -0.05) is 24.6 Å². The van der Waals surface area contributed by atoms with Crippen molar-refractivity contribution in [2.24, 2.45) is 7.05 Å². The summed E-state index contributed by atoms with van der Waals surface area (Å²) in [5.74, 6) is 0. The SMILES string of the molecule is Cn1c(=O)c([N+](=O)[O-])c(N2CCN3CCCCC3C2)c2ccccc21. The van der Waals surface area contributed by atoms with Crippen molar-refractivity contribution in [3.05, 3.63) is 44.7 Å². The molecule has 25 heavy (non-hydrogen) atoms. The molecule has 132 valence electrons. The Labute approximate surface area is 145 Å². The van der Waals surface area contributed by atoms with E-state index < -0.39 is 10.5 Å². The van der Waals surface area contributed by atoms with Gasteiger partial charge in [-0.05, 0) is 25.5 Å². The minimum Gasteiger partial charge on any atom is -0.362 e. The van der Waals surface area contributed by atoms with Crippen molar-refractivity contribution in [2.75, 3.05) is 31.1 Å². The van der Waals surface area contributed by atoms with Gasteiger partial charge in [0.05, 0.1) is 10.4 Å². The molecular formula is C18H22N4O3. The fourth-order valence-corrected chi connectivity index (χ4v) is 4.31. The second-order valence-corrected chi connectivity index (χ2v) is 6.97. The molecule has 2 fully saturated rings. The smallest absolute Gasteiger partial charge is 0.357 e. The molecule has 7 heteroatoms. The molecule has 4 rings (SSSR count). The number of hydrogen-bond donors (Lipinski definition) is 0. The highest BCUT2D eigenvalue weighted by atomic mass is 16.6. The van der Waals surface area contributed by atoms with Gasteiger partial charge in [0.15, 0.2) is 0 Å². The largest absolute Gasteiger partial charge is 0.362 e. The number of anilines is 1. The van der Waals surface area contributed by atoms with Gasteiger partial charge < -0.3 is 9.47 Å². The topological polar surface area (TPSA) is 71.6 Å². The van der Waals surface area contributed by atoms with Crippen molar-refractivity contribution >= 4 is 22.3 Å². The van der Waals surface area contributed by atoms with Gasteiger partial charge in [-0.25, -0.2) is 0 Å². The molecule has 0 saturated carbocycles. The van der Waals surface area contributed by atoms with Gasteiger partial charge in [-0.2, -0.15) is 0 Å². The molecule has 0 aliphatic carbocycles. The van der Waals surface area contributed by atoms with Gasteiger partial charge in [0.1, 0.15) is 5.69 Å². The van der Waals surface area contributed by atoms with E-state index in [1.165, 1.54) is 17.4 Å². The van der Waals surface area contributed by atoms with Crippen LogP contribution in [0.15, 0.2) is 29.1 Å². The minimum absolute atomic E-state index is 0.301. The van der Waals surface area contributed by atoms with Gasteiger partial charge in [-0.3, -0.25) is 19.8 Å². The van der Waals surface area contributed by atoms with E-state index in [2.05, 4.69) is 9.80 Å². The number of para-hydroxylation sites is 1. The Hall–Kier alpha value is -2.41. The molecule has 1 aromatic carbocycles. The first-order valence-electron chi connectivity index (χ1n) is 8.83. The number of nitrogens with zero attached hydrogens (tertiary/aromatic N) is 4. The first-order chi connectivity index (χ1) is 12.1. The average Bonchev–Trinajstić information content (AvgIpc) is 2.63. The monoisotopic (exact) mass is 342 g/mol. The van der Waals surface area contributed by atoms with Gasteiger partial charge in [0.25, 0.3) is 0 Å². The summed E-state index contributed by atoms with van der Waals surface area (Å²) in [6.07, 6.45) is 3.55.